The smallest absolute Gasteiger partial charge is 0.146 e. The molecule has 16 heavy (non-hydrogen) atoms. The van der Waals surface area contributed by atoms with Crippen molar-refractivity contribution in [2.24, 2.45) is 0 Å². The first kappa shape index (κ1) is 14.1. The molecule has 0 nitrogen and oxygen atoms in total. The van der Waals surface area contributed by atoms with Crippen LogP contribution in [0.15, 0.2) is 30.3 Å². The van der Waals surface area contributed by atoms with Crippen LogP contribution in [0.1, 0.15) is 31.2 Å². The van der Waals surface area contributed by atoms with Gasteiger partial charge in [-0.15, -0.1) is 22.2 Å². The van der Waals surface area contributed by atoms with Gasteiger partial charge in [0.1, 0.15) is 0 Å². The highest BCUT2D eigenvalue weighted by molar-refractivity contribution is 7.44. The Kier molecular flexibility index (Phi) is 6.48. The standard InChI is InChI=1S/C13H20Cl2Si/c1-16(14,15)12-8-3-2-5-9-13-10-6-4-7-11-13/h4,6-7,10-11H,2-3,5,8-9,12H2,1H3. The Morgan fingerprint density at radius 1 is 0.938 bits per heavy atom. The molecule has 0 unspecified atom stereocenters. The Labute approximate surface area is 109 Å². The fourth-order valence-electron chi connectivity index (χ4n) is 1.76. The van der Waals surface area contributed by atoms with Crippen LogP contribution < -0.4 is 0 Å². The molecule has 0 aromatic heterocycles. The molecule has 0 spiro atoms. The first-order valence-electron chi connectivity index (χ1n) is 6.00. The van der Waals surface area contributed by atoms with Gasteiger partial charge in [-0.1, -0.05) is 49.6 Å². The minimum atomic E-state index is -1.84. The van der Waals surface area contributed by atoms with Crippen LogP contribution in [-0.4, -0.2) is 6.69 Å². The Morgan fingerprint density at radius 2 is 1.56 bits per heavy atom. The predicted octanol–water partition coefficient (Wildman–Crippen LogP) is 5.34. The van der Waals surface area contributed by atoms with Crippen LogP contribution in [0.25, 0.3) is 0 Å². The lowest BCUT2D eigenvalue weighted by molar-refractivity contribution is 0.665. The lowest BCUT2D eigenvalue weighted by Crippen LogP contribution is -2.11. The molecule has 90 valence electrons. The van der Waals surface area contributed by atoms with E-state index in [9.17, 15) is 0 Å². The number of hydrogen-bond acceptors (Lipinski definition) is 0. The van der Waals surface area contributed by atoms with Crippen molar-refractivity contribution in [1.29, 1.82) is 0 Å². The minimum absolute atomic E-state index is 1.03. The van der Waals surface area contributed by atoms with Gasteiger partial charge in [0.15, 0.2) is 0 Å². The van der Waals surface area contributed by atoms with Gasteiger partial charge in [-0.25, -0.2) is 0 Å². The van der Waals surface area contributed by atoms with E-state index in [0.29, 0.717) is 0 Å². The molecule has 0 saturated carbocycles. The van der Waals surface area contributed by atoms with E-state index >= 15 is 0 Å². The van der Waals surface area contributed by atoms with Crippen LogP contribution >= 0.6 is 22.2 Å². The third-order valence-corrected chi connectivity index (χ3v) is 5.04. The highest BCUT2D eigenvalue weighted by Gasteiger charge is 2.19. The lowest BCUT2D eigenvalue weighted by atomic mass is 10.1. The van der Waals surface area contributed by atoms with Crippen molar-refractivity contribution in [3.63, 3.8) is 0 Å². The molecule has 0 bridgehead atoms. The maximum atomic E-state index is 6.05. The molecule has 3 heteroatoms. The summed E-state index contributed by atoms with van der Waals surface area (Å²) >= 11 is 12.1. The van der Waals surface area contributed by atoms with E-state index in [-0.39, 0.29) is 0 Å². The van der Waals surface area contributed by atoms with Gasteiger partial charge in [-0.2, -0.15) is 0 Å². The topological polar surface area (TPSA) is 0 Å². The van der Waals surface area contributed by atoms with Crippen molar-refractivity contribution < 1.29 is 0 Å². The molecule has 0 heterocycles. The molecule has 1 rings (SSSR count). The summed E-state index contributed by atoms with van der Waals surface area (Å²) in [7, 11) is 0. The fourth-order valence-corrected chi connectivity index (χ4v) is 3.44. The second kappa shape index (κ2) is 7.36. The number of aryl methyl sites for hydroxylation is 1. The number of hydrogen-bond donors (Lipinski definition) is 0. The van der Waals surface area contributed by atoms with Crippen LogP contribution in [-0.2, 0) is 6.42 Å². The quantitative estimate of drug-likeness (QED) is 0.358. The van der Waals surface area contributed by atoms with E-state index in [1.807, 2.05) is 6.55 Å². The molecule has 0 amide bonds. The summed E-state index contributed by atoms with van der Waals surface area (Å²) in [6, 6.07) is 11.7. The number of rotatable bonds is 7. The van der Waals surface area contributed by atoms with Gasteiger partial charge in [0.05, 0.1) is 0 Å². The van der Waals surface area contributed by atoms with Gasteiger partial charge in [-0.3, -0.25) is 0 Å². The van der Waals surface area contributed by atoms with Crippen molar-refractivity contribution >= 4 is 28.9 Å². The maximum absolute atomic E-state index is 6.05. The number of halogens is 2. The van der Waals surface area contributed by atoms with Crippen molar-refractivity contribution in [1.82, 2.24) is 0 Å². The molecule has 0 N–H and O–H groups in total. The molecule has 0 fully saturated rings. The van der Waals surface area contributed by atoms with Gasteiger partial charge in [0.2, 0.25) is 6.69 Å². The molecule has 0 aliphatic rings. The van der Waals surface area contributed by atoms with Crippen molar-refractivity contribution in [2.45, 2.75) is 44.7 Å². The molecule has 0 saturated heterocycles. The highest BCUT2D eigenvalue weighted by atomic mass is 35.7. The Morgan fingerprint density at radius 3 is 2.19 bits per heavy atom. The van der Waals surface area contributed by atoms with Crippen molar-refractivity contribution in [3.8, 4) is 0 Å². The highest BCUT2D eigenvalue weighted by Crippen LogP contribution is 2.23. The predicted molar refractivity (Wildman–Crippen MR) is 76.7 cm³/mol. The number of benzene rings is 1. The Bertz CT molecular complexity index is 280. The maximum Gasteiger partial charge on any atom is 0.248 e. The van der Waals surface area contributed by atoms with Crippen LogP contribution in [0.4, 0.5) is 0 Å². The lowest BCUT2D eigenvalue weighted by Gasteiger charge is -2.09. The fraction of sp³-hybridized carbons (Fsp3) is 0.538. The number of unbranched alkanes of at least 4 members (excludes halogenated alkanes) is 3. The third-order valence-electron chi connectivity index (χ3n) is 2.67. The molecular weight excluding hydrogens is 255 g/mol. The van der Waals surface area contributed by atoms with Crippen LogP contribution in [0, 0.1) is 0 Å². The van der Waals surface area contributed by atoms with Gasteiger partial charge < -0.3 is 0 Å². The monoisotopic (exact) mass is 274 g/mol. The summed E-state index contributed by atoms with van der Waals surface area (Å²) in [6.45, 7) is 0.163. The summed E-state index contributed by atoms with van der Waals surface area (Å²) in [5, 5.41) is 0. The Hall–Kier alpha value is 0.0169. The molecule has 0 aliphatic heterocycles. The largest absolute Gasteiger partial charge is 0.248 e. The van der Waals surface area contributed by atoms with Crippen LogP contribution in [0.5, 0.6) is 0 Å². The molecular formula is C13H20Cl2Si. The summed E-state index contributed by atoms with van der Waals surface area (Å²) in [6.07, 6.45) is 6.19. The summed E-state index contributed by atoms with van der Waals surface area (Å²) in [4.78, 5) is 0. The second-order valence-corrected chi connectivity index (χ2v) is 12.7. The van der Waals surface area contributed by atoms with Gasteiger partial charge in [0.25, 0.3) is 0 Å². The molecule has 0 radical (unpaired) electrons. The van der Waals surface area contributed by atoms with Gasteiger partial charge in [-0.05, 0) is 31.0 Å². The zero-order valence-electron chi connectivity index (χ0n) is 9.89. The third kappa shape index (κ3) is 7.32. The van der Waals surface area contributed by atoms with E-state index in [2.05, 4.69) is 30.3 Å². The first-order chi connectivity index (χ1) is 7.58. The van der Waals surface area contributed by atoms with Gasteiger partial charge >= 0.3 is 0 Å². The van der Waals surface area contributed by atoms with Crippen LogP contribution in [0.3, 0.4) is 0 Å². The van der Waals surface area contributed by atoms with E-state index in [1.165, 1.54) is 37.7 Å². The zero-order valence-corrected chi connectivity index (χ0v) is 12.4. The molecule has 0 atom stereocenters. The minimum Gasteiger partial charge on any atom is -0.146 e. The Balaban J connectivity index is 2.01. The van der Waals surface area contributed by atoms with E-state index in [4.69, 9.17) is 22.2 Å². The average molecular weight is 275 g/mol. The summed E-state index contributed by atoms with van der Waals surface area (Å²) in [5.74, 6) is 0. The van der Waals surface area contributed by atoms with Gasteiger partial charge in [0, 0.05) is 0 Å². The van der Waals surface area contributed by atoms with Crippen molar-refractivity contribution in [2.75, 3.05) is 0 Å². The molecule has 0 aliphatic carbocycles. The first-order valence-corrected chi connectivity index (χ1v) is 10.7. The zero-order chi connectivity index (χ0) is 11.9. The van der Waals surface area contributed by atoms with Crippen molar-refractivity contribution in [3.05, 3.63) is 35.9 Å². The van der Waals surface area contributed by atoms with Crippen LogP contribution in [0.2, 0.25) is 12.6 Å². The molecule has 1 aromatic rings. The second-order valence-electron chi connectivity index (χ2n) is 4.47. The van der Waals surface area contributed by atoms with E-state index in [1.54, 1.807) is 0 Å². The molecule has 1 aromatic carbocycles. The normalized spacial score (nSPS) is 11.7. The average Bonchev–Trinajstić information content (AvgIpc) is 2.23. The SMILES string of the molecule is C[Si](Cl)(Cl)CCCCCCc1ccccc1. The van der Waals surface area contributed by atoms with E-state index in [0.717, 1.165) is 6.04 Å². The summed E-state index contributed by atoms with van der Waals surface area (Å²) < 4.78 is 0. The summed E-state index contributed by atoms with van der Waals surface area (Å²) in [5.41, 5.74) is 1.44. The van der Waals surface area contributed by atoms with E-state index < -0.39 is 6.69 Å².